The fraction of sp³-hybridized carbons (Fsp3) is 0.500. The van der Waals surface area contributed by atoms with E-state index in [1.54, 1.807) is 0 Å². The molecule has 0 saturated carbocycles. The molecule has 2 saturated heterocycles. The third kappa shape index (κ3) is 3.56. The number of ether oxygens (including phenoxy) is 2. The van der Waals surface area contributed by atoms with Gasteiger partial charge in [-0.2, -0.15) is 0 Å². The van der Waals surface area contributed by atoms with E-state index in [2.05, 4.69) is 4.74 Å². The lowest BCUT2D eigenvalue weighted by Gasteiger charge is -2.43. The van der Waals surface area contributed by atoms with Crippen LogP contribution in [0, 0.1) is 0 Å². The van der Waals surface area contributed by atoms with Gasteiger partial charge in [0.25, 0.3) is 0 Å². The molecule has 4 heterocycles. The van der Waals surface area contributed by atoms with E-state index in [0.29, 0.717) is 23.0 Å². The van der Waals surface area contributed by atoms with Crippen molar-refractivity contribution in [1.82, 2.24) is 0 Å². The first kappa shape index (κ1) is 17.9. The maximum absolute atomic E-state index is 10.7. The molecular formula is C12H13B2O11-. The van der Waals surface area contributed by atoms with E-state index in [1.807, 2.05) is 0 Å². The summed E-state index contributed by atoms with van der Waals surface area (Å²) in [5, 5.41) is 46.3. The highest BCUT2D eigenvalue weighted by Gasteiger charge is 2.38. The van der Waals surface area contributed by atoms with Crippen LogP contribution in [-0.4, -0.2) is 73.1 Å². The molecule has 0 aromatic carbocycles. The second kappa shape index (κ2) is 7.56. The predicted octanol–water partition coefficient (Wildman–Crippen LogP) is -3.78. The van der Waals surface area contributed by atoms with Crippen LogP contribution < -0.4 is 5.11 Å². The summed E-state index contributed by atoms with van der Waals surface area (Å²) < 4.78 is 29.5. The van der Waals surface area contributed by atoms with Crippen LogP contribution in [0.4, 0.5) is 0 Å². The second-order valence-electron chi connectivity index (χ2n) is 5.12. The largest absolute Gasteiger partial charge is 0.829 e. The molecule has 0 aliphatic carbocycles. The second-order valence-corrected chi connectivity index (χ2v) is 5.12. The summed E-state index contributed by atoms with van der Waals surface area (Å²) in [6.45, 7) is -0.566. The van der Waals surface area contributed by atoms with Crippen LogP contribution in [0.5, 0.6) is 0 Å². The lowest BCUT2D eigenvalue weighted by atomic mass is 10.00. The zero-order valence-corrected chi connectivity index (χ0v) is 12.5. The fourth-order valence-electron chi connectivity index (χ4n) is 2.19. The van der Waals surface area contributed by atoms with Crippen molar-refractivity contribution in [2.75, 3.05) is 6.61 Å². The minimum absolute atomic E-state index is 0.456. The molecule has 13 heteroatoms. The van der Waals surface area contributed by atoms with Gasteiger partial charge in [0.2, 0.25) is 5.76 Å². The summed E-state index contributed by atoms with van der Waals surface area (Å²) in [7, 11) is 2.39. The molecule has 2 fully saturated rings. The number of fused-ring (bicyclic) bond motifs is 2. The quantitative estimate of drug-likeness (QED) is 0.342. The summed E-state index contributed by atoms with van der Waals surface area (Å²) in [6.07, 6.45) is -4.73. The molecule has 4 aliphatic rings. The van der Waals surface area contributed by atoms with Crippen molar-refractivity contribution in [3.8, 4) is 0 Å². The zero-order valence-electron chi connectivity index (χ0n) is 12.5. The lowest BCUT2D eigenvalue weighted by molar-refractivity contribution is -0.532. The van der Waals surface area contributed by atoms with Gasteiger partial charge in [-0.3, -0.25) is 0 Å². The van der Waals surface area contributed by atoms with Gasteiger partial charge < -0.3 is 53.6 Å². The van der Waals surface area contributed by atoms with Crippen molar-refractivity contribution in [2.45, 2.75) is 30.7 Å². The van der Waals surface area contributed by atoms with Gasteiger partial charge in [0.05, 0.1) is 12.7 Å². The zero-order chi connectivity index (χ0) is 18.0. The first-order chi connectivity index (χ1) is 12.0. The van der Waals surface area contributed by atoms with E-state index in [-0.39, 0.29) is 0 Å². The summed E-state index contributed by atoms with van der Waals surface area (Å²) in [5.74, 6) is 1.90. The minimum Gasteiger partial charge on any atom is -0.829 e. The molecule has 0 aromatic heterocycles. The fourth-order valence-corrected chi connectivity index (χ4v) is 2.19. The number of aliphatic hydroxyl groups is 4. The summed E-state index contributed by atoms with van der Waals surface area (Å²) in [4.78, 5) is 0. The van der Waals surface area contributed by atoms with Crippen molar-refractivity contribution in [1.29, 1.82) is 0 Å². The van der Waals surface area contributed by atoms with Gasteiger partial charge in [0.15, 0.2) is 17.3 Å². The first-order valence-corrected chi connectivity index (χ1v) is 7.10. The molecule has 2 radical (unpaired) electrons. The van der Waals surface area contributed by atoms with E-state index >= 15 is 0 Å². The molecular weight excluding hydrogens is 342 g/mol. The van der Waals surface area contributed by atoms with Crippen molar-refractivity contribution < 1.29 is 53.6 Å². The summed E-state index contributed by atoms with van der Waals surface area (Å²) >= 11 is 0. The molecule has 0 amide bonds. The topological polar surface area (TPSA) is 159 Å². The van der Waals surface area contributed by atoms with E-state index in [4.69, 9.17) is 43.8 Å². The summed E-state index contributed by atoms with van der Waals surface area (Å²) in [5.41, 5.74) is 0. The van der Waals surface area contributed by atoms with Gasteiger partial charge in [-0.15, -0.1) is 0 Å². The van der Waals surface area contributed by atoms with Crippen molar-refractivity contribution in [3.63, 3.8) is 0 Å². The molecule has 134 valence electrons. The predicted molar refractivity (Wildman–Crippen MR) is 73.9 cm³/mol. The van der Waals surface area contributed by atoms with Crippen LogP contribution in [0.25, 0.3) is 0 Å². The molecule has 4 rings (SSSR count). The molecule has 0 aromatic rings. The van der Waals surface area contributed by atoms with Gasteiger partial charge in [-0.1, -0.05) is 0 Å². The number of rotatable bonds is 1. The van der Waals surface area contributed by atoms with E-state index in [9.17, 15) is 5.11 Å². The Kier molecular flexibility index (Phi) is 5.42. The van der Waals surface area contributed by atoms with Crippen LogP contribution in [-0.2, 0) is 28.1 Å². The molecule has 5 atom stereocenters. The van der Waals surface area contributed by atoms with Crippen LogP contribution in [0.15, 0.2) is 35.6 Å². The Morgan fingerprint density at radius 3 is 2.40 bits per heavy atom. The molecule has 25 heavy (non-hydrogen) atoms. The third-order valence-electron chi connectivity index (χ3n) is 3.53. The van der Waals surface area contributed by atoms with Gasteiger partial charge in [-0.05, 0) is 0 Å². The highest BCUT2D eigenvalue weighted by atomic mass is 16.7. The van der Waals surface area contributed by atoms with E-state index in [1.165, 1.54) is 27.9 Å². The normalized spacial score (nSPS) is 35.2. The van der Waals surface area contributed by atoms with Crippen LogP contribution in [0.1, 0.15) is 0 Å². The highest BCUT2D eigenvalue weighted by Crippen LogP contribution is 2.34. The molecule has 0 unspecified atom stereocenters. The standard InChI is InChI=1S/C6H2B2O5.C6H11O6/c1-4-6(13-8-11-4)5-3(9-1)2-10-7-12-5;7-1-2-3(8)4(9)5(10)6(11)12-2/h1-2H;2-10H,1H2/q;-1/t;2-,3-,4+,5+,6+/m.1/s1. The molecule has 0 spiro atoms. The number of hydrogen-bond donors (Lipinski definition) is 4. The van der Waals surface area contributed by atoms with Gasteiger partial charge in [-0.25, -0.2) is 0 Å². The van der Waals surface area contributed by atoms with Crippen molar-refractivity contribution >= 4 is 15.4 Å². The molecule has 11 nitrogen and oxygen atoms in total. The van der Waals surface area contributed by atoms with Crippen LogP contribution >= 0.6 is 0 Å². The average molecular weight is 355 g/mol. The van der Waals surface area contributed by atoms with Crippen molar-refractivity contribution in [2.24, 2.45) is 0 Å². The Bertz CT molecular complexity index is 587. The number of aliphatic hydroxyl groups excluding tert-OH is 4. The van der Waals surface area contributed by atoms with E-state index < -0.39 is 37.3 Å². The van der Waals surface area contributed by atoms with Gasteiger partial charge in [0, 0.05) is 6.29 Å². The number of hydrogen-bond acceptors (Lipinski definition) is 11. The van der Waals surface area contributed by atoms with Gasteiger partial charge in [0.1, 0.15) is 30.8 Å². The molecule has 0 bridgehead atoms. The Labute approximate surface area is 142 Å². The monoisotopic (exact) mass is 355 g/mol. The average Bonchev–Trinajstić information content (AvgIpc) is 3.13. The van der Waals surface area contributed by atoms with Crippen molar-refractivity contribution in [3.05, 3.63) is 35.6 Å². The smallest absolute Gasteiger partial charge is 0.658 e. The molecule has 4 aliphatic heterocycles. The minimum atomic E-state index is -1.82. The van der Waals surface area contributed by atoms with Crippen LogP contribution in [0.3, 0.4) is 0 Å². The Hall–Kier alpha value is -1.89. The maximum atomic E-state index is 10.7. The molecule has 4 N–H and O–H groups in total. The first-order valence-electron chi connectivity index (χ1n) is 7.10. The van der Waals surface area contributed by atoms with Crippen LogP contribution in [0.2, 0.25) is 0 Å². The Morgan fingerprint density at radius 1 is 0.920 bits per heavy atom. The highest BCUT2D eigenvalue weighted by molar-refractivity contribution is 6.21. The summed E-state index contributed by atoms with van der Waals surface area (Å²) in [6, 6.07) is 0. The van der Waals surface area contributed by atoms with Gasteiger partial charge >= 0.3 is 15.4 Å². The Morgan fingerprint density at radius 2 is 1.64 bits per heavy atom. The maximum Gasteiger partial charge on any atom is 0.658 e. The SMILES string of the molecule is [B]1OC2=COC3=CO[B]OC3=C2O1.[O-][C@H]1O[C@H](CO)[C@@H](O)[C@H](O)[C@@H]1O. The van der Waals surface area contributed by atoms with E-state index in [0.717, 1.165) is 0 Å². The third-order valence-corrected chi connectivity index (χ3v) is 3.53. The lowest BCUT2D eigenvalue weighted by Crippen LogP contribution is -2.62. The Balaban J connectivity index is 0.000000147.